The third-order valence-corrected chi connectivity index (χ3v) is 3.32. The summed E-state index contributed by atoms with van der Waals surface area (Å²) in [4.78, 5) is 19.4. The first-order valence-corrected chi connectivity index (χ1v) is 6.69. The van der Waals surface area contributed by atoms with Crippen LogP contribution in [0.3, 0.4) is 0 Å². The molecule has 1 heterocycles. The summed E-state index contributed by atoms with van der Waals surface area (Å²) in [5.74, 6) is 0.616. The Hall–Kier alpha value is -2.54. The molecule has 0 saturated heterocycles. The molecule has 7 nitrogen and oxygen atoms in total. The number of hydrogen-bond acceptors (Lipinski definition) is 7. The highest BCUT2D eigenvalue weighted by Gasteiger charge is 2.13. The molecule has 0 atom stereocenters. The second-order valence-electron chi connectivity index (χ2n) is 4.30. The number of nitrogens with zero attached hydrogens (tertiary/aromatic N) is 2. The maximum Gasteiger partial charge on any atom is 0.341 e. The fourth-order valence-corrected chi connectivity index (χ4v) is 1.98. The smallest absolute Gasteiger partial charge is 0.341 e. The molecule has 8 heteroatoms. The van der Waals surface area contributed by atoms with Crippen molar-refractivity contribution in [3.63, 3.8) is 0 Å². The number of carbonyl (C=O) groups is 1. The molecule has 0 bridgehead atoms. The number of anilines is 2. The fourth-order valence-electron chi connectivity index (χ4n) is 1.82. The molecule has 0 aliphatic rings. The quantitative estimate of drug-likeness (QED) is 0.813. The molecule has 0 amide bonds. The summed E-state index contributed by atoms with van der Waals surface area (Å²) in [7, 11) is 2.81. The Morgan fingerprint density at radius 2 is 2.14 bits per heavy atom. The van der Waals surface area contributed by atoms with E-state index in [1.807, 2.05) is 0 Å². The first kappa shape index (κ1) is 15.8. The number of ether oxygens (including phenoxy) is 2. The summed E-state index contributed by atoms with van der Waals surface area (Å²) >= 11 is 6.01. The van der Waals surface area contributed by atoms with E-state index in [2.05, 4.69) is 15.3 Å². The zero-order valence-corrected chi connectivity index (χ0v) is 12.8. The Kier molecular flexibility index (Phi) is 5.00. The van der Waals surface area contributed by atoms with Gasteiger partial charge in [-0.15, -0.1) is 0 Å². The first-order chi connectivity index (χ1) is 10.6. The van der Waals surface area contributed by atoms with Crippen molar-refractivity contribution < 1.29 is 14.3 Å². The van der Waals surface area contributed by atoms with Crippen LogP contribution in [0.1, 0.15) is 15.9 Å². The third kappa shape index (κ3) is 3.37. The normalized spacial score (nSPS) is 10.1. The van der Waals surface area contributed by atoms with E-state index in [1.165, 1.54) is 20.5 Å². The number of carbonyl (C=O) groups excluding carboxylic acids is 1. The summed E-state index contributed by atoms with van der Waals surface area (Å²) < 4.78 is 9.90. The number of methoxy groups -OCH3 is 2. The van der Waals surface area contributed by atoms with Crippen LogP contribution in [-0.2, 0) is 11.3 Å². The van der Waals surface area contributed by atoms with Crippen molar-refractivity contribution in [3.05, 3.63) is 40.7 Å². The van der Waals surface area contributed by atoms with Crippen molar-refractivity contribution in [1.82, 2.24) is 9.97 Å². The minimum absolute atomic E-state index is 0.206. The zero-order chi connectivity index (χ0) is 16.1. The van der Waals surface area contributed by atoms with Gasteiger partial charge >= 0.3 is 5.97 Å². The molecule has 1 aromatic carbocycles. The second-order valence-corrected chi connectivity index (χ2v) is 4.68. The highest BCUT2D eigenvalue weighted by Crippen LogP contribution is 2.25. The van der Waals surface area contributed by atoms with E-state index in [-0.39, 0.29) is 10.8 Å². The van der Waals surface area contributed by atoms with Gasteiger partial charge in [-0.2, -0.15) is 0 Å². The van der Waals surface area contributed by atoms with E-state index in [4.69, 9.17) is 26.8 Å². The van der Waals surface area contributed by atoms with Crippen molar-refractivity contribution in [3.8, 4) is 5.75 Å². The summed E-state index contributed by atoms with van der Waals surface area (Å²) in [6.07, 6.45) is 1.32. The van der Waals surface area contributed by atoms with Gasteiger partial charge in [-0.25, -0.2) is 14.8 Å². The van der Waals surface area contributed by atoms with Gasteiger partial charge in [-0.05, 0) is 17.7 Å². The minimum atomic E-state index is -0.456. The number of benzene rings is 1. The van der Waals surface area contributed by atoms with Gasteiger partial charge < -0.3 is 20.5 Å². The van der Waals surface area contributed by atoms with Crippen molar-refractivity contribution in [2.75, 3.05) is 25.3 Å². The summed E-state index contributed by atoms with van der Waals surface area (Å²) in [6.45, 7) is 0.425. The molecule has 2 aromatic rings. The Morgan fingerprint density at radius 3 is 2.82 bits per heavy atom. The molecule has 0 fully saturated rings. The SMILES string of the molecule is COC(=O)c1ccc(CNc2ncnc(N)c2Cl)cc1OC. The van der Waals surface area contributed by atoms with Gasteiger partial charge in [0.1, 0.15) is 28.5 Å². The van der Waals surface area contributed by atoms with Gasteiger partial charge in [0.05, 0.1) is 14.2 Å². The fraction of sp³-hybridized carbons (Fsp3) is 0.214. The zero-order valence-electron chi connectivity index (χ0n) is 12.1. The predicted octanol–water partition coefficient (Wildman–Crippen LogP) is 2.12. The molecule has 0 spiro atoms. The maximum atomic E-state index is 11.6. The van der Waals surface area contributed by atoms with E-state index < -0.39 is 5.97 Å². The van der Waals surface area contributed by atoms with Gasteiger partial charge in [0.2, 0.25) is 0 Å². The van der Waals surface area contributed by atoms with Crippen LogP contribution in [0, 0.1) is 0 Å². The molecule has 0 saturated carbocycles. The van der Waals surface area contributed by atoms with Crippen LogP contribution in [0.5, 0.6) is 5.75 Å². The van der Waals surface area contributed by atoms with Crippen LogP contribution in [0.2, 0.25) is 5.02 Å². The molecular weight excluding hydrogens is 308 g/mol. The van der Waals surface area contributed by atoms with E-state index in [1.54, 1.807) is 18.2 Å². The average molecular weight is 323 g/mol. The van der Waals surface area contributed by atoms with Crippen LogP contribution in [-0.4, -0.2) is 30.2 Å². The van der Waals surface area contributed by atoms with Gasteiger partial charge in [0.25, 0.3) is 0 Å². The average Bonchev–Trinajstić information content (AvgIpc) is 2.55. The number of hydrogen-bond donors (Lipinski definition) is 2. The Morgan fingerprint density at radius 1 is 1.36 bits per heavy atom. The summed E-state index contributed by atoms with van der Waals surface area (Å²) in [5.41, 5.74) is 6.84. The number of aromatic nitrogens is 2. The van der Waals surface area contributed by atoms with E-state index >= 15 is 0 Å². The molecule has 2 rings (SSSR count). The second kappa shape index (κ2) is 6.95. The standard InChI is InChI=1S/C14H15ClN4O3/c1-21-10-5-8(3-4-9(10)14(20)22-2)6-17-13-11(15)12(16)18-7-19-13/h3-5,7H,6H2,1-2H3,(H3,16,17,18,19). The van der Waals surface area contributed by atoms with Gasteiger partial charge in [0, 0.05) is 6.54 Å². The molecule has 0 unspecified atom stereocenters. The minimum Gasteiger partial charge on any atom is -0.496 e. The molecule has 0 aliphatic carbocycles. The maximum absolute atomic E-state index is 11.6. The number of nitrogens with one attached hydrogen (secondary N) is 1. The topological polar surface area (TPSA) is 99.4 Å². The number of nitrogens with two attached hydrogens (primary N) is 1. The van der Waals surface area contributed by atoms with Gasteiger partial charge in [-0.3, -0.25) is 0 Å². The van der Waals surface area contributed by atoms with Crippen LogP contribution in [0.4, 0.5) is 11.6 Å². The van der Waals surface area contributed by atoms with Gasteiger partial charge in [0.15, 0.2) is 5.82 Å². The van der Waals surface area contributed by atoms with Crippen LogP contribution >= 0.6 is 11.6 Å². The molecule has 3 N–H and O–H groups in total. The van der Waals surface area contributed by atoms with Crippen molar-refractivity contribution in [1.29, 1.82) is 0 Å². The Labute approximate surface area is 132 Å². The molecule has 1 aromatic heterocycles. The van der Waals surface area contributed by atoms with E-state index in [0.717, 1.165) is 5.56 Å². The third-order valence-electron chi connectivity index (χ3n) is 2.95. The van der Waals surface area contributed by atoms with Crippen LogP contribution in [0.15, 0.2) is 24.5 Å². The Balaban J connectivity index is 2.17. The van der Waals surface area contributed by atoms with E-state index in [0.29, 0.717) is 23.7 Å². The van der Waals surface area contributed by atoms with Crippen molar-refractivity contribution in [2.24, 2.45) is 0 Å². The molecule has 0 radical (unpaired) electrons. The highest BCUT2D eigenvalue weighted by molar-refractivity contribution is 6.35. The van der Waals surface area contributed by atoms with Gasteiger partial charge in [-0.1, -0.05) is 17.7 Å². The molecule has 0 aliphatic heterocycles. The van der Waals surface area contributed by atoms with Crippen molar-refractivity contribution in [2.45, 2.75) is 6.54 Å². The van der Waals surface area contributed by atoms with Crippen molar-refractivity contribution >= 4 is 29.2 Å². The molecule has 22 heavy (non-hydrogen) atoms. The number of rotatable bonds is 5. The lowest BCUT2D eigenvalue weighted by Crippen LogP contribution is -2.07. The lowest BCUT2D eigenvalue weighted by molar-refractivity contribution is 0.0597. The monoisotopic (exact) mass is 322 g/mol. The van der Waals surface area contributed by atoms with E-state index in [9.17, 15) is 4.79 Å². The number of esters is 1. The first-order valence-electron chi connectivity index (χ1n) is 6.32. The molecule has 116 valence electrons. The van der Waals surface area contributed by atoms with Crippen LogP contribution in [0.25, 0.3) is 0 Å². The molecular formula is C14H15ClN4O3. The lowest BCUT2D eigenvalue weighted by Gasteiger charge is -2.11. The predicted molar refractivity (Wildman–Crippen MR) is 83.1 cm³/mol. The highest BCUT2D eigenvalue weighted by atomic mass is 35.5. The number of nitrogen functional groups attached to an aromatic ring is 1. The summed E-state index contributed by atoms with van der Waals surface area (Å²) in [6, 6.07) is 5.15. The number of halogens is 1. The van der Waals surface area contributed by atoms with Crippen LogP contribution < -0.4 is 15.8 Å². The summed E-state index contributed by atoms with van der Waals surface area (Å²) in [5, 5.41) is 3.31. The lowest BCUT2D eigenvalue weighted by atomic mass is 10.1. The Bertz CT molecular complexity index is 694. The largest absolute Gasteiger partial charge is 0.496 e.